The van der Waals surface area contributed by atoms with Crippen molar-refractivity contribution in [2.75, 3.05) is 13.1 Å². The van der Waals surface area contributed by atoms with Crippen LogP contribution >= 0.6 is 0 Å². The highest BCUT2D eigenvalue weighted by Crippen LogP contribution is 2.18. The van der Waals surface area contributed by atoms with Gasteiger partial charge in [0.05, 0.1) is 6.54 Å². The average Bonchev–Trinajstić information content (AvgIpc) is 2.94. The lowest BCUT2D eigenvalue weighted by molar-refractivity contribution is 0.0758. The molecular weight excluding hydrogens is 337 g/mol. The Morgan fingerprint density at radius 1 is 1.27 bits per heavy atom. The number of alkyl halides is 1. The Hall–Kier alpha value is -2.47. The number of hydrogen-bond donors (Lipinski definition) is 1. The third-order valence-corrected chi connectivity index (χ3v) is 4.65. The zero-order valence-corrected chi connectivity index (χ0v) is 14.7. The normalized spacial score (nSPS) is 19.7. The summed E-state index contributed by atoms with van der Waals surface area (Å²) >= 11 is 0. The van der Waals surface area contributed by atoms with Crippen LogP contribution in [0.3, 0.4) is 0 Å². The Labute approximate surface area is 151 Å². The van der Waals surface area contributed by atoms with Gasteiger partial charge in [0.25, 0.3) is 5.91 Å². The molecule has 1 aromatic carbocycles. The molecule has 2 heterocycles. The number of halogens is 1. The number of carbonyl (C=O) groups excluding carboxylic acids is 1. The number of rotatable bonds is 5. The van der Waals surface area contributed by atoms with Crippen LogP contribution in [0.4, 0.5) is 4.39 Å². The van der Waals surface area contributed by atoms with Crippen molar-refractivity contribution in [3.05, 3.63) is 69.3 Å². The zero-order chi connectivity index (χ0) is 18.7. The predicted molar refractivity (Wildman–Crippen MR) is 95.0 cm³/mol. The molecule has 5 nitrogen and oxygen atoms in total. The van der Waals surface area contributed by atoms with Gasteiger partial charge >= 0.3 is 5.63 Å². The van der Waals surface area contributed by atoms with Gasteiger partial charge in [-0.1, -0.05) is 30.3 Å². The smallest absolute Gasteiger partial charge is 0.349 e. The molecule has 1 aromatic heterocycles. The number of carbonyl (C=O) groups is 1. The number of aliphatic hydroxyl groups is 1. The van der Waals surface area contributed by atoms with Crippen molar-refractivity contribution in [1.29, 1.82) is 0 Å². The summed E-state index contributed by atoms with van der Waals surface area (Å²) in [6, 6.07) is 11.7. The van der Waals surface area contributed by atoms with Gasteiger partial charge in [0.2, 0.25) is 0 Å². The number of likely N-dealkylation sites (tertiary alicyclic amines) is 1. The molecule has 0 unspecified atom stereocenters. The van der Waals surface area contributed by atoms with E-state index in [-0.39, 0.29) is 18.7 Å². The van der Waals surface area contributed by atoms with Crippen molar-refractivity contribution in [2.45, 2.75) is 38.5 Å². The van der Waals surface area contributed by atoms with Gasteiger partial charge in [-0.05, 0) is 37.0 Å². The second kappa shape index (κ2) is 7.83. The zero-order valence-electron chi connectivity index (χ0n) is 14.7. The molecular formula is C20H22FNO4. The van der Waals surface area contributed by atoms with Crippen molar-refractivity contribution in [3.8, 4) is 0 Å². The van der Waals surface area contributed by atoms with Crippen LogP contribution in [-0.2, 0) is 12.8 Å². The highest BCUT2D eigenvalue weighted by Gasteiger charge is 2.36. The molecule has 1 amide bonds. The first-order chi connectivity index (χ1) is 12.5. The van der Waals surface area contributed by atoms with Crippen LogP contribution in [0.25, 0.3) is 0 Å². The van der Waals surface area contributed by atoms with Crippen LogP contribution in [-0.4, -0.2) is 41.3 Å². The Morgan fingerprint density at radius 2 is 2.00 bits per heavy atom. The molecule has 1 N–H and O–H groups in total. The molecule has 0 spiro atoms. The number of nitrogens with zero attached hydrogens (tertiary/aromatic N) is 1. The van der Waals surface area contributed by atoms with Crippen molar-refractivity contribution >= 4 is 5.91 Å². The number of hydrogen-bond acceptors (Lipinski definition) is 4. The van der Waals surface area contributed by atoms with E-state index in [1.54, 1.807) is 13.0 Å². The maximum absolute atomic E-state index is 13.4. The van der Waals surface area contributed by atoms with Crippen LogP contribution in [0.15, 0.2) is 45.6 Å². The summed E-state index contributed by atoms with van der Waals surface area (Å²) in [4.78, 5) is 25.9. The molecule has 138 valence electrons. The molecule has 0 bridgehead atoms. The molecule has 2 atom stereocenters. The summed E-state index contributed by atoms with van der Waals surface area (Å²) in [6.07, 6.45) is -0.406. The third kappa shape index (κ3) is 4.02. The Balaban J connectivity index is 1.68. The first-order valence-electron chi connectivity index (χ1n) is 8.74. The van der Waals surface area contributed by atoms with Gasteiger partial charge in [0.15, 0.2) is 0 Å². The first-order valence-corrected chi connectivity index (χ1v) is 8.74. The van der Waals surface area contributed by atoms with Crippen molar-refractivity contribution < 1.29 is 18.7 Å². The summed E-state index contributed by atoms with van der Waals surface area (Å²) < 4.78 is 18.7. The van der Waals surface area contributed by atoms with E-state index in [1.807, 2.05) is 30.3 Å². The minimum atomic E-state index is -1.48. The van der Waals surface area contributed by atoms with Crippen LogP contribution in [0.2, 0.25) is 0 Å². The van der Waals surface area contributed by atoms with Crippen molar-refractivity contribution in [1.82, 2.24) is 4.90 Å². The fraction of sp³-hybridized carbons (Fsp3) is 0.400. The second-order valence-electron chi connectivity index (χ2n) is 6.69. The molecule has 1 aliphatic heterocycles. The van der Waals surface area contributed by atoms with E-state index in [0.29, 0.717) is 17.7 Å². The predicted octanol–water partition coefficient (Wildman–Crippen LogP) is 2.28. The number of amides is 1. The van der Waals surface area contributed by atoms with Gasteiger partial charge in [-0.25, -0.2) is 9.18 Å². The lowest BCUT2D eigenvalue weighted by atomic mass is 10.1. The second-order valence-corrected chi connectivity index (χ2v) is 6.69. The topological polar surface area (TPSA) is 70.8 Å². The number of aliphatic hydroxyl groups excluding tert-OH is 1. The molecule has 0 radical (unpaired) electrons. The molecule has 3 rings (SSSR count). The fourth-order valence-electron chi connectivity index (χ4n) is 3.24. The Morgan fingerprint density at radius 3 is 2.62 bits per heavy atom. The van der Waals surface area contributed by atoms with Gasteiger partial charge < -0.3 is 14.4 Å². The van der Waals surface area contributed by atoms with Gasteiger partial charge in [-0.2, -0.15) is 0 Å². The lowest BCUT2D eigenvalue weighted by Gasteiger charge is -2.16. The highest BCUT2D eigenvalue weighted by atomic mass is 19.1. The molecule has 26 heavy (non-hydrogen) atoms. The summed E-state index contributed by atoms with van der Waals surface area (Å²) in [7, 11) is 0. The molecule has 1 fully saturated rings. The number of aryl methyl sites for hydroxylation is 3. The molecule has 0 aliphatic carbocycles. The van der Waals surface area contributed by atoms with E-state index in [9.17, 15) is 19.1 Å². The van der Waals surface area contributed by atoms with Crippen LogP contribution < -0.4 is 5.63 Å². The van der Waals surface area contributed by atoms with E-state index in [0.717, 1.165) is 17.7 Å². The summed E-state index contributed by atoms with van der Waals surface area (Å²) in [5.74, 6) is -0.0592. The number of benzene rings is 1. The van der Waals surface area contributed by atoms with E-state index < -0.39 is 23.8 Å². The minimum Gasteiger partial charge on any atom is -0.427 e. The summed E-state index contributed by atoms with van der Waals surface area (Å²) in [5.41, 5.74) is 0.934. The lowest BCUT2D eigenvalue weighted by Crippen LogP contribution is -2.34. The van der Waals surface area contributed by atoms with Crippen molar-refractivity contribution in [3.63, 3.8) is 0 Å². The maximum atomic E-state index is 13.4. The van der Waals surface area contributed by atoms with E-state index in [4.69, 9.17) is 4.42 Å². The van der Waals surface area contributed by atoms with Crippen molar-refractivity contribution in [2.24, 2.45) is 0 Å². The summed E-state index contributed by atoms with van der Waals surface area (Å²) in [5, 5.41) is 9.47. The largest absolute Gasteiger partial charge is 0.427 e. The van der Waals surface area contributed by atoms with Gasteiger partial charge in [0.1, 0.15) is 23.6 Å². The average molecular weight is 359 g/mol. The summed E-state index contributed by atoms with van der Waals surface area (Å²) in [6.45, 7) is 1.35. The van der Waals surface area contributed by atoms with Crippen LogP contribution in [0, 0.1) is 6.92 Å². The highest BCUT2D eigenvalue weighted by molar-refractivity contribution is 5.95. The minimum absolute atomic E-state index is 0.0851. The monoisotopic (exact) mass is 359 g/mol. The van der Waals surface area contributed by atoms with Gasteiger partial charge in [0, 0.05) is 13.0 Å². The van der Waals surface area contributed by atoms with Gasteiger partial charge in [-0.15, -0.1) is 0 Å². The van der Waals surface area contributed by atoms with E-state index in [1.165, 1.54) is 5.56 Å². The van der Waals surface area contributed by atoms with Crippen LogP contribution in [0.1, 0.15) is 33.7 Å². The Bertz CT molecular complexity index is 823. The standard InChI is InChI=1S/C20H22FNO4/c1-13-10-15(9-5-8-14-6-3-2-4-7-14)26-20(25)18(13)19(24)22-11-16(21)17(23)12-22/h2-4,6-7,10,16-17,23H,5,8-9,11-12H2,1H3/t16-,17-/m1/s1. The van der Waals surface area contributed by atoms with E-state index >= 15 is 0 Å². The van der Waals surface area contributed by atoms with Crippen LogP contribution in [0.5, 0.6) is 0 Å². The van der Waals surface area contributed by atoms with Gasteiger partial charge in [-0.3, -0.25) is 4.79 Å². The van der Waals surface area contributed by atoms with E-state index in [2.05, 4.69) is 0 Å². The Kier molecular flexibility index (Phi) is 5.52. The number of β-amino-alcohol motifs (C(OH)–C–C–N with tert-alkyl or cyclic N) is 1. The maximum Gasteiger partial charge on any atom is 0.349 e. The fourth-order valence-corrected chi connectivity index (χ4v) is 3.24. The quantitative estimate of drug-likeness (QED) is 0.889. The SMILES string of the molecule is Cc1cc(CCCc2ccccc2)oc(=O)c1C(=O)N1C[C@@H](O)[C@H](F)C1. The molecule has 0 saturated carbocycles. The first kappa shape index (κ1) is 18.3. The third-order valence-electron chi connectivity index (χ3n) is 4.65. The molecule has 2 aromatic rings. The molecule has 1 aliphatic rings. The molecule has 1 saturated heterocycles. The molecule has 6 heteroatoms.